The summed E-state index contributed by atoms with van der Waals surface area (Å²) in [5.41, 5.74) is 5.27. The first-order chi connectivity index (χ1) is 16.2. The zero-order chi connectivity index (χ0) is 24.3. The van der Waals surface area contributed by atoms with Gasteiger partial charge in [-0.15, -0.1) is 0 Å². The minimum Gasteiger partial charge on any atom is -0.486 e. The molecule has 3 atom stereocenters. The Morgan fingerprint density at radius 1 is 1.12 bits per heavy atom. The van der Waals surface area contributed by atoms with Crippen LogP contribution in [0.3, 0.4) is 0 Å². The first kappa shape index (κ1) is 24.3. The van der Waals surface area contributed by atoms with Crippen molar-refractivity contribution >= 4 is 5.91 Å². The number of carbonyl (C=O) groups excluding carboxylic acids is 1. The Kier molecular flexibility index (Phi) is 7.30. The average molecular weight is 479 g/mol. The summed E-state index contributed by atoms with van der Waals surface area (Å²) < 4.78 is 50.0. The number of likely N-dealkylation sites (tertiary alicyclic amines) is 1. The number of piperidine rings is 1. The minimum absolute atomic E-state index is 0.115. The molecule has 1 fully saturated rings. The monoisotopic (exact) mass is 479 g/mol. The van der Waals surface area contributed by atoms with E-state index in [1.807, 2.05) is 23.1 Å². The average Bonchev–Trinajstić information content (AvgIpc) is 2.82. The Morgan fingerprint density at radius 2 is 1.76 bits per heavy atom. The number of rotatable bonds is 7. The number of aliphatic hydroxyl groups is 1. The largest absolute Gasteiger partial charge is 0.486 e. The van der Waals surface area contributed by atoms with Crippen molar-refractivity contribution in [2.45, 2.75) is 43.3 Å². The fourth-order valence-corrected chi connectivity index (χ4v) is 4.42. The van der Waals surface area contributed by atoms with Gasteiger partial charge in [-0.2, -0.15) is 13.2 Å². The highest BCUT2D eigenvalue weighted by molar-refractivity contribution is 5.81. The topological polar surface area (TPSA) is 97.1 Å². The molecule has 3 unspecified atom stereocenters. The summed E-state index contributed by atoms with van der Waals surface area (Å²) in [7, 11) is 0. The van der Waals surface area contributed by atoms with Crippen LogP contribution >= 0.6 is 0 Å². The van der Waals surface area contributed by atoms with Crippen LogP contribution in [-0.2, 0) is 11.0 Å². The van der Waals surface area contributed by atoms with Gasteiger partial charge in [0.25, 0.3) is 0 Å². The fraction of sp³-hybridized carbons (Fsp3) is 0.458. The van der Waals surface area contributed by atoms with E-state index in [9.17, 15) is 23.1 Å². The van der Waals surface area contributed by atoms with Crippen LogP contribution in [0.1, 0.15) is 30.0 Å². The molecule has 4 N–H and O–H groups in total. The molecule has 0 aliphatic carbocycles. The van der Waals surface area contributed by atoms with E-state index in [2.05, 4.69) is 5.32 Å². The highest BCUT2D eigenvalue weighted by Gasteiger charge is 2.33. The van der Waals surface area contributed by atoms with Gasteiger partial charge in [-0.1, -0.05) is 24.3 Å². The van der Waals surface area contributed by atoms with Crippen molar-refractivity contribution in [1.82, 2.24) is 10.2 Å². The van der Waals surface area contributed by atoms with Gasteiger partial charge in [-0.3, -0.25) is 9.69 Å². The number of nitrogens with two attached hydrogens (primary N) is 1. The summed E-state index contributed by atoms with van der Waals surface area (Å²) in [5, 5.41) is 13.9. The standard InChI is InChI=1S/C24H28F3N3O4/c25-24(26,27)16-7-5-15(6-8-16)22(23(28)32)30-11-9-17(10-12-30)29-13-18(31)21-14-33-19-3-1-2-4-20(19)34-21/h1-8,17-18,21-22,29,31H,9-14H2,(H2,28,32). The molecule has 1 saturated heterocycles. The van der Waals surface area contributed by atoms with Crippen molar-refractivity contribution in [3.63, 3.8) is 0 Å². The van der Waals surface area contributed by atoms with Crippen molar-refractivity contribution in [2.75, 3.05) is 26.2 Å². The van der Waals surface area contributed by atoms with E-state index in [0.717, 1.165) is 12.1 Å². The van der Waals surface area contributed by atoms with Crippen molar-refractivity contribution < 1.29 is 32.5 Å². The lowest BCUT2D eigenvalue weighted by molar-refractivity contribution is -0.137. The van der Waals surface area contributed by atoms with Gasteiger partial charge in [0.15, 0.2) is 17.6 Å². The van der Waals surface area contributed by atoms with Crippen LogP contribution in [0.5, 0.6) is 11.5 Å². The Balaban J connectivity index is 1.28. The van der Waals surface area contributed by atoms with Gasteiger partial charge in [0.1, 0.15) is 18.8 Å². The van der Waals surface area contributed by atoms with E-state index >= 15 is 0 Å². The number of ether oxygens (including phenoxy) is 2. The first-order valence-electron chi connectivity index (χ1n) is 11.2. The lowest BCUT2D eigenvalue weighted by Gasteiger charge is -2.37. The molecular formula is C24H28F3N3O4. The molecule has 2 aliphatic rings. The third-order valence-corrected chi connectivity index (χ3v) is 6.29. The van der Waals surface area contributed by atoms with Crippen LogP contribution in [0.15, 0.2) is 48.5 Å². The van der Waals surface area contributed by atoms with Gasteiger partial charge in [0, 0.05) is 25.7 Å². The normalized spacial score (nSPS) is 21.1. The van der Waals surface area contributed by atoms with Crippen LogP contribution < -0.4 is 20.5 Å². The van der Waals surface area contributed by atoms with Crippen LogP contribution in [0.4, 0.5) is 13.2 Å². The van der Waals surface area contributed by atoms with Gasteiger partial charge in [0.2, 0.25) is 5.91 Å². The summed E-state index contributed by atoms with van der Waals surface area (Å²) in [6, 6.07) is 11.2. The molecule has 0 saturated carbocycles. The molecule has 184 valence electrons. The minimum atomic E-state index is -4.44. The van der Waals surface area contributed by atoms with Gasteiger partial charge in [0.05, 0.1) is 5.56 Å². The number of fused-ring (bicyclic) bond motifs is 1. The third-order valence-electron chi connectivity index (χ3n) is 6.29. The number of aliphatic hydroxyl groups excluding tert-OH is 1. The van der Waals surface area contributed by atoms with Crippen molar-refractivity contribution in [3.05, 3.63) is 59.7 Å². The Morgan fingerprint density at radius 3 is 2.38 bits per heavy atom. The summed E-state index contributed by atoms with van der Waals surface area (Å²) in [5.74, 6) is 0.659. The molecule has 0 bridgehead atoms. The molecule has 0 spiro atoms. The van der Waals surface area contributed by atoms with Crippen molar-refractivity contribution in [1.29, 1.82) is 0 Å². The van der Waals surface area contributed by atoms with Gasteiger partial charge >= 0.3 is 6.18 Å². The molecule has 4 rings (SSSR count). The number of carbonyl (C=O) groups is 1. The summed E-state index contributed by atoms with van der Waals surface area (Å²) in [6.45, 7) is 1.66. The number of hydrogen-bond acceptors (Lipinski definition) is 6. The van der Waals surface area contributed by atoms with Crippen molar-refractivity contribution in [2.24, 2.45) is 5.73 Å². The zero-order valence-electron chi connectivity index (χ0n) is 18.5. The molecule has 10 heteroatoms. The number of nitrogens with one attached hydrogen (secondary N) is 1. The van der Waals surface area contributed by atoms with Gasteiger partial charge < -0.3 is 25.6 Å². The molecule has 0 aromatic heterocycles. The Bertz CT molecular complexity index is 978. The predicted molar refractivity (Wildman–Crippen MR) is 118 cm³/mol. The van der Waals surface area contributed by atoms with E-state index < -0.39 is 35.9 Å². The van der Waals surface area contributed by atoms with Crippen LogP contribution in [0.2, 0.25) is 0 Å². The first-order valence-corrected chi connectivity index (χ1v) is 11.2. The Labute approximate surface area is 195 Å². The number of benzene rings is 2. The number of amides is 1. The SMILES string of the molecule is NC(=O)C(c1ccc(C(F)(F)F)cc1)N1CCC(NCC(O)C2COc3ccccc3O2)CC1. The smallest absolute Gasteiger partial charge is 0.416 e. The second kappa shape index (κ2) is 10.2. The number of para-hydroxylation sites is 2. The zero-order valence-corrected chi connectivity index (χ0v) is 18.5. The van der Waals surface area contributed by atoms with Crippen LogP contribution in [-0.4, -0.2) is 60.4 Å². The second-order valence-electron chi connectivity index (χ2n) is 8.62. The molecule has 2 aliphatic heterocycles. The molecule has 2 aromatic carbocycles. The van der Waals surface area contributed by atoms with Gasteiger partial charge in [-0.25, -0.2) is 0 Å². The quantitative estimate of drug-likeness (QED) is 0.565. The number of alkyl halides is 3. The number of nitrogens with zero attached hydrogens (tertiary/aromatic N) is 1. The molecule has 34 heavy (non-hydrogen) atoms. The highest BCUT2D eigenvalue weighted by atomic mass is 19.4. The maximum atomic E-state index is 12.8. The summed E-state index contributed by atoms with van der Waals surface area (Å²) >= 11 is 0. The number of halogens is 3. The summed E-state index contributed by atoms with van der Waals surface area (Å²) in [4.78, 5) is 14.0. The lowest BCUT2D eigenvalue weighted by Crippen LogP contribution is -2.50. The van der Waals surface area contributed by atoms with Crippen LogP contribution in [0.25, 0.3) is 0 Å². The third kappa shape index (κ3) is 5.63. The van der Waals surface area contributed by atoms with E-state index in [-0.39, 0.29) is 12.6 Å². The summed E-state index contributed by atoms with van der Waals surface area (Å²) in [6.07, 6.45) is -4.30. The van der Waals surface area contributed by atoms with Gasteiger partial charge in [-0.05, 0) is 42.7 Å². The molecule has 2 aromatic rings. The molecule has 0 radical (unpaired) electrons. The molecule has 2 heterocycles. The fourth-order valence-electron chi connectivity index (χ4n) is 4.42. The predicted octanol–water partition coefficient (Wildman–Crippen LogP) is 2.49. The number of primary amides is 1. The molecular weight excluding hydrogens is 451 g/mol. The molecule has 1 amide bonds. The van der Waals surface area contributed by atoms with Crippen LogP contribution in [0, 0.1) is 0 Å². The van der Waals surface area contributed by atoms with E-state index in [1.165, 1.54) is 12.1 Å². The number of hydrogen-bond donors (Lipinski definition) is 3. The van der Waals surface area contributed by atoms with E-state index in [1.54, 1.807) is 6.07 Å². The van der Waals surface area contributed by atoms with E-state index in [0.29, 0.717) is 49.5 Å². The maximum Gasteiger partial charge on any atom is 0.416 e. The van der Waals surface area contributed by atoms with Crippen molar-refractivity contribution in [3.8, 4) is 11.5 Å². The van der Waals surface area contributed by atoms with E-state index in [4.69, 9.17) is 15.2 Å². The molecule has 7 nitrogen and oxygen atoms in total. The highest BCUT2D eigenvalue weighted by Crippen LogP contribution is 2.33. The maximum absolute atomic E-state index is 12.8. The Hall–Kier alpha value is -2.82. The second-order valence-corrected chi connectivity index (χ2v) is 8.62. The lowest BCUT2D eigenvalue weighted by atomic mass is 9.97.